The first-order valence-electron chi connectivity index (χ1n) is 7.21. The van der Waals surface area contributed by atoms with E-state index in [2.05, 4.69) is 20.8 Å². The van der Waals surface area contributed by atoms with E-state index in [-0.39, 0.29) is 22.9 Å². The van der Waals surface area contributed by atoms with Crippen LogP contribution < -0.4 is 0 Å². The second-order valence-electron chi connectivity index (χ2n) is 6.87. The van der Waals surface area contributed by atoms with Gasteiger partial charge in [-0.2, -0.15) is 0 Å². The van der Waals surface area contributed by atoms with Crippen LogP contribution in [0, 0.1) is 16.7 Å². The van der Waals surface area contributed by atoms with E-state index in [0.717, 1.165) is 6.42 Å². The molecule has 0 radical (unpaired) electrons. The molecule has 2 bridgehead atoms. The second-order valence-corrected chi connectivity index (χ2v) is 6.87. The maximum absolute atomic E-state index is 12.2. The summed E-state index contributed by atoms with van der Waals surface area (Å²) in [4.78, 5) is 12.2. The van der Waals surface area contributed by atoms with Crippen molar-refractivity contribution < 1.29 is 9.53 Å². The number of hydrogen-bond acceptors (Lipinski definition) is 2. The van der Waals surface area contributed by atoms with Gasteiger partial charge in [-0.05, 0) is 42.7 Å². The Morgan fingerprint density at radius 1 is 1.21 bits per heavy atom. The highest BCUT2D eigenvalue weighted by atomic mass is 16.5. The molecule has 0 aliphatic heterocycles. The lowest BCUT2D eigenvalue weighted by Gasteiger charge is -2.38. The molecule has 1 aromatic rings. The molecule has 0 unspecified atom stereocenters. The van der Waals surface area contributed by atoms with Gasteiger partial charge in [0.2, 0.25) is 0 Å². The molecular weight excluding hydrogens is 236 g/mol. The van der Waals surface area contributed by atoms with E-state index < -0.39 is 0 Å². The van der Waals surface area contributed by atoms with Gasteiger partial charge in [-0.3, -0.25) is 0 Å². The van der Waals surface area contributed by atoms with E-state index in [1.54, 1.807) is 0 Å². The fraction of sp³-hybridized carbons (Fsp3) is 0.588. The maximum Gasteiger partial charge on any atom is 0.338 e. The Labute approximate surface area is 115 Å². The van der Waals surface area contributed by atoms with E-state index in [1.165, 1.54) is 12.8 Å². The molecule has 3 atom stereocenters. The SMILES string of the molecule is CC1(C)[C@@H]2CC[C@@]1(C)[C@H](OC(=O)c1ccccc1)C2. The average molecular weight is 258 g/mol. The number of carbonyl (C=O) groups is 1. The van der Waals surface area contributed by atoms with E-state index in [9.17, 15) is 4.79 Å². The lowest BCUT2D eigenvalue weighted by Crippen LogP contribution is -2.38. The molecule has 3 rings (SSSR count). The van der Waals surface area contributed by atoms with Crippen molar-refractivity contribution in [3.63, 3.8) is 0 Å². The summed E-state index contributed by atoms with van der Waals surface area (Å²) < 4.78 is 5.83. The zero-order valence-electron chi connectivity index (χ0n) is 12.0. The van der Waals surface area contributed by atoms with Crippen LogP contribution in [0.5, 0.6) is 0 Å². The fourth-order valence-corrected chi connectivity index (χ4v) is 4.08. The average Bonchev–Trinajstić information content (AvgIpc) is 2.73. The van der Waals surface area contributed by atoms with Gasteiger partial charge in [-0.25, -0.2) is 4.79 Å². The highest BCUT2D eigenvalue weighted by Crippen LogP contribution is 2.66. The third-order valence-corrected chi connectivity index (χ3v) is 5.97. The van der Waals surface area contributed by atoms with Gasteiger partial charge in [-0.15, -0.1) is 0 Å². The van der Waals surface area contributed by atoms with Crippen molar-refractivity contribution in [2.75, 3.05) is 0 Å². The van der Waals surface area contributed by atoms with Crippen molar-refractivity contribution >= 4 is 5.97 Å². The van der Waals surface area contributed by atoms with Gasteiger partial charge in [0.05, 0.1) is 5.56 Å². The quantitative estimate of drug-likeness (QED) is 0.748. The fourth-order valence-electron chi connectivity index (χ4n) is 4.08. The van der Waals surface area contributed by atoms with Gasteiger partial charge in [0.1, 0.15) is 6.10 Å². The number of hydrogen-bond donors (Lipinski definition) is 0. The lowest BCUT2D eigenvalue weighted by molar-refractivity contribution is -0.0242. The van der Waals surface area contributed by atoms with Gasteiger partial charge in [0, 0.05) is 5.41 Å². The van der Waals surface area contributed by atoms with Crippen molar-refractivity contribution in [2.45, 2.75) is 46.1 Å². The lowest BCUT2D eigenvalue weighted by atomic mass is 9.70. The van der Waals surface area contributed by atoms with E-state index in [1.807, 2.05) is 30.3 Å². The molecule has 2 saturated carbocycles. The van der Waals surface area contributed by atoms with Crippen LogP contribution in [0.3, 0.4) is 0 Å². The topological polar surface area (TPSA) is 26.3 Å². The van der Waals surface area contributed by atoms with Crippen molar-refractivity contribution in [1.82, 2.24) is 0 Å². The largest absolute Gasteiger partial charge is 0.458 e. The first-order chi connectivity index (χ1) is 8.95. The molecule has 0 aromatic heterocycles. The summed E-state index contributed by atoms with van der Waals surface area (Å²) in [6, 6.07) is 9.32. The Hall–Kier alpha value is -1.31. The van der Waals surface area contributed by atoms with E-state index in [0.29, 0.717) is 11.5 Å². The number of rotatable bonds is 2. The molecule has 0 spiro atoms. The van der Waals surface area contributed by atoms with Crippen LogP contribution in [0.1, 0.15) is 50.4 Å². The van der Waals surface area contributed by atoms with Gasteiger partial charge < -0.3 is 4.74 Å². The molecule has 0 saturated heterocycles. The van der Waals surface area contributed by atoms with Crippen molar-refractivity contribution in [1.29, 1.82) is 0 Å². The second kappa shape index (κ2) is 4.09. The van der Waals surface area contributed by atoms with Crippen LogP contribution in [0.2, 0.25) is 0 Å². The Balaban J connectivity index is 1.78. The maximum atomic E-state index is 12.2. The van der Waals surface area contributed by atoms with Crippen LogP contribution in [0.15, 0.2) is 30.3 Å². The summed E-state index contributed by atoms with van der Waals surface area (Å²) >= 11 is 0. The molecule has 2 aliphatic rings. The minimum atomic E-state index is -0.171. The van der Waals surface area contributed by atoms with Crippen LogP contribution in [-0.4, -0.2) is 12.1 Å². The van der Waals surface area contributed by atoms with Crippen LogP contribution in [0.4, 0.5) is 0 Å². The first-order valence-corrected chi connectivity index (χ1v) is 7.21. The molecule has 19 heavy (non-hydrogen) atoms. The molecule has 0 N–H and O–H groups in total. The third-order valence-electron chi connectivity index (χ3n) is 5.97. The Morgan fingerprint density at radius 3 is 2.42 bits per heavy atom. The summed E-state index contributed by atoms with van der Waals surface area (Å²) in [5.41, 5.74) is 1.09. The summed E-state index contributed by atoms with van der Waals surface area (Å²) in [5.74, 6) is 0.529. The number of fused-ring (bicyclic) bond motifs is 2. The molecule has 2 heteroatoms. The summed E-state index contributed by atoms with van der Waals surface area (Å²) in [5, 5.41) is 0. The number of ether oxygens (including phenoxy) is 1. The predicted molar refractivity (Wildman–Crippen MR) is 74.9 cm³/mol. The molecular formula is C17H22O2. The van der Waals surface area contributed by atoms with Crippen LogP contribution >= 0.6 is 0 Å². The molecule has 0 heterocycles. The molecule has 102 valence electrons. The number of esters is 1. The Morgan fingerprint density at radius 2 is 1.89 bits per heavy atom. The van der Waals surface area contributed by atoms with E-state index >= 15 is 0 Å². The zero-order valence-corrected chi connectivity index (χ0v) is 12.0. The standard InChI is InChI=1S/C17H22O2/c1-16(2)13-9-10-17(16,3)14(11-13)19-15(18)12-7-5-4-6-8-12/h4-8,13-14H,9-11H2,1-3H3/t13-,14-,17+/m1/s1. The monoisotopic (exact) mass is 258 g/mol. The molecule has 2 fully saturated rings. The summed E-state index contributed by atoms with van der Waals surface area (Å²) in [6.07, 6.45) is 3.57. The number of carbonyl (C=O) groups excluding carboxylic acids is 1. The van der Waals surface area contributed by atoms with Crippen molar-refractivity contribution in [2.24, 2.45) is 16.7 Å². The van der Waals surface area contributed by atoms with E-state index in [4.69, 9.17) is 4.74 Å². The van der Waals surface area contributed by atoms with Gasteiger partial charge >= 0.3 is 5.97 Å². The molecule has 2 nitrogen and oxygen atoms in total. The Bertz CT molecular complexity index is 491. The molecule has 2 aliphatic carbocycles. The number of benzene rings is 1. The van der Waals surface area contributed by atoms with Crippen molar-refractivity contribution in [3.05, 3.63) is 35.9 Å². The minimum Gasteiger partial charge on any atom is -0.458 e. The predicted octanol–water partition coefficient (Wildman–Crippen LogP) is 4.06. The highest BCUT2D eigenvalue weighted by molar-refractivity contribution is 5.89. The zero-order chi connectivity index (χ0) is 13.7. The molecule has 0 amide bonds. The van der Waals surface area contributed by atoms with Crippen LogP contribution in [0.25, 0.3) is 0 Å². The normalized spacial score (nSPS) is 35.3. The van der Waals surface area contributed by atoms with Crippen LogP contribution in [-0.2, 0) is 4.74 Å². The summed E-state index contributed by atoms with van der Waals surface area (Å²) in [6.45, 7) is 6.96. The van der Waals surface area contributed by atoms with Crippen molar-refractivity contribution in [3.8, 4) is 0 Å². The van der Waals surface area contributed by atoms with Gasteiger partial charge in [0.15, 0.2) is 0 Å². The molecule has 1 aromatic carbocycles. The van der Waals surface area contributed by atoms with Gasteiger partial charge in [-0.1, -0.05) is 39.0 Å². The third kappa shape index (κ3) is 1.73. The van der Waals surface area contributed by atoms with Gasteiger partial charge in [0.25, 0.3) is 0 Å². The Kier molecular flexibility index (Phi) is 2.74. The smallest absolute Gasteiger partial charge is 0.338 e. The summed E-state index contributed by atoms with van der Waals surface area (Å²) in [7, 11) is 0. The highest BCUT2D eigenvalue weighted by Gasteiger charge is 2.62. The first kappa shape index (κ1) is 12.7. The minimum absolute atomic E-state index is 0.0777.